The van der Waals surface area contributed by atoms with E-state index in [0.29, 0.717) is 11.8 Å². The van der Waals surface area contributed by atoms with Gasteiger partial charge in [0.1, 0.15) is 0 Å². The van der Waals surface area contributed by atoms with Gasteiger partial charge in [-0.1, -0.05) is 0 Å². The fraction of sp³-hybridized carbons (Fsp3) is 0.383. The topological polar surface area (TPSA) is 0 Å². The zero-order valence-corrected chi connectivity index (χ0v) is 36.4. The molecule has 0 atom stereocenters. The molecule has 50 heavy (non-hydrogen) atoms. The molecular weight excluding hydrogens is 727 g/mol. The molecule has 2 aliphatic rings. The molecule has 4 aromatic rings. The van der Waals surface area contributed by atoms with Gasteiger partial charge in [-0.05, 0) is 0 Å². The van der Waals surface area contributed by atoms with E-state index < -0.39 is 21.3 Å². The molecule has 0 aromatic heterocycles. The molecule has 4 aromatic carbocycles. The summed E-state index contributed by atoms with van der Waals surface area (Å²) >= 11 is -2.65. The average Bonchev–Trinajstić information content (AvgIpc) is 3.66. The minimum absolute atomic E-state index is 0. The van der Waals surface area contributed by atoms with Crippen LogP contribution in [0.4, 0.5) is 0 Å². The second-order valence-electron chi connectivity index (χ2n) is 17.0. The van der Waals surface area contributed by atoms with Crippen LogP contribution in [0.5, 0.6) is 0 Å². The minimum atomic E-state index is -2.65. The number of allylic oxidation sites excluding steroid dienone is 4. The van der Waals surface area contributed by atoms with E-state index in [4.69, 9.17) is 0 Å². The van der Waals surface area contributed by atoms with Crippen molar-refractivity contribution in [1.29, 1.82) is 0 Å². The van der Waals surface area contributed by atoms with E-state index in [9.17, 15) is 0 Å². The van der Waals surface area contributed by atoms with Crippen molar-refractivity contribution in [3.63, 3.8) is 0 Å². The molecule has 0 amide bonds. The quantitative estimate of drug-likeness (QED) is 0.188. The third-order valence-corrected chi connectivity index (χ3v) is 20.0. The number of benzene rings is 4. The Labute approximate surface area is 323 Å². The van der Waals surface area contributed by atoms with Gasteiger partial charge >= 0.3 is 301 Å². The predicted octanol–water partition coefficient (Wildman–Crippen LogP) is 6.38. The van der Waals surface area contributed by atoms with Gasteiger partial charge in [-0.15, -0.1) is 0 Å². The maximum absolute atomic E-state index is 2.65. The molecule has 3 heteroatoms. The van der Waals surface area contributed by atoms with Gasteiger partial charge in [0.15, 0.2) is 0 Å². The molecule has 262 valence electrons. The van der Waals surface area contributed by atoms with Gasteiger partial charge in [0, 0.05) is 0 Å². The van der Waals surface area contributed by atoms with Crippen LogP contribution in [0.3, 0.4) is 0 Å². The molecule has 0 saturated heterocycles. The van der Waals surface area contributed by atoms with Crippen molar-refractivity contribution >= 4 is 6.48 Å². The van der Waals surface area contributed by atoms with Crippen LogP contribution in [0.2, 0.25) is 0 Å². The van der Waals surface area contributed by atoms with Crippen LogP contribution in [-0.4, -0.2) is 3.21 Å². The standard InChI is InChI=1S/C35H37.C7H14.C5H5.2ClH.Zr/c1-22-13-9-11-15-26(22)30-18-24-17-25-19-31(27-16-12-10-14-23(27)2)33(35(6,7)8)21-29(25)28(24)20-32(30)34(3,4)5;1-6(2)5-7(3)4;1-2-4-5-3-1;;;/h9-16,18,20-21H,17H2,1-8H3;6-7H,1-4H3;1-3H,4H2;2*1H;/q;;;;;+2/p-2. The summed E-state index contributed by atoms with van der Waals surface area (Å²) in [4.78, 5) is 0. The molecule has 0 spiro atoms. The van der Waals surface area contributed by atoms with Gasteiger partial charge in [0.25, 0.3) is 0 Å². The van der Waals surface area contributed by atoms with Gasteiger partial charge in [-0.3, -0.25) is 0 Å². The van der Waals surface area contributed by atoms with E-state index in [0.717, 1.165) is 12.8 Å². The summed E-state index contributed by atoms with van der Waals surface area (Å²) in [6, 6.07) is 26.0. The normalized spacial score (nSPS) is 13.3. The Morgan fingerprint density at radius 3 is 1.68 bits per heavy atom. The number of hydrogen-bond donors (Lipinski definition) is 0. The van der Waals surface area contributed by atoms with Crippen LogP contribution >= 0.6 is 0 Å². The number of rotatable bonds is 6. The Morgan fingerprint density at radius 2 is 1.18 bits per heavy atom. The van der Waals surface area contributed by atoms with E-state index in [2.05, 4.69) is 168 Å². The third kappa shape index (κ3) is 7.45. The Hall–Kier alpha value is -2.31. The second-order valence-corrected chi connectivity index (χ2v) is 23.1. The van der Waals surface area contributed by atoms with E-state index in [1.807, 2.05) is 3.21 Å². The summed E-state index contributed by atoms with van der Waals surface area (Å²) < 4.78 is 5.35. The first-order chi connectivity index (χ1) is 22.6. The Morgan fingerprint density at radius 1 is 0.640 bits per heavy atom. The van der Waals surface area contributed by atoms with Crippen molar-refractivity contribution < 1.29 is 46.1 Å². The van der Waals surface area contributed by atoms with E-state index in [1.54, 1.807) is 17.7 Å². The smallest absolute Gasteiger partial charge is 1.00 e. The molecule has 0 radical (unpaired) electrons. The van der Waals surface area contributed by atoms with Crippen molar-refractivity contribution in [3.8, 4) is 33.4 Å². The van der Waals surface area contributed by atoms with Gasteiger partial charge in [0.05, 0.1) is 0 Å². The molecule has 0 unspecified atom stereocenters. The zero-order chi connectivity index (χ0) is 34.7. The Kier molecular flexibility index (Phi) is 12.4. The maximum Gasteiger partial charge on any atom is -1.00 e. The van der Waals surface area contributed by atoms with E-state index >= 15 is 0 Å². The first-order valence-electron chi connectivity index (χ1n) is 18.2. The summed E-state index contributed by atoms with van der Waals surface area (Å²) in [6.07, 6.45) is 9.40. The molecule has 0 fully saturated rings. The summed E-state index contributed by atoms with van der Waals surface area (Å²) in [7, 11) is 0. The van der Waals surface area contributed by atoms with Crippen LogP contribution < -0.4 is 28.1 Å². The summed E-state index contributed by atoms with van der Waals surface area (Å²) in [5.41, 5.74) is 17.5. The van der Waals surface area contributed by atoms with Gasteiger partial charge in [0.2, 0.25) is 0 Å². The third-order valence-electron chi connectivity index (χ3n) is 10.7. The molecule has 0 nitrogen and oxygen atoms in total. The summed E-state index contributed by atoms with van der Waals surface area (Å²) in [6.45, 7) is 28.9. The summed E-state index contributed by atoms with van der Waals surface area (Å²) in [5.74, 6) is 1.12. The average molecular weight is 783 g/mol. The molecular formula is C47H56Cl2Zr. The molecule has 0 bridgehead atoms. The molecule has 0 saturated carbocycles. The van der Waals surface area contributed by atoms with Crippen LogP contribution in [0.1, 0.15) is 109 Å². The Bertz CT molecular complexity index is 1990. The van der Waals surface area contributed by atoms with Crippen LogP contribution in [0.15, 0.2) is 88.2 Å². The monoisotopic (exact) mass is 780 g/mol. The largest absolute Gasteiger partial charge is 1.00 e. The first-order valence-corrected chi connectivity index (χ1v) is 21.9. The van der Waals surface area contributed by atoms with Crippen molar-refractivity contribution in [1.82, 2.24) is 0 Å². The predicted molar refractivity (Wildman–Crippen MR) is 209 cm³/mol. The minimum Gasteiger partial charge on any atom is -1.00 e. The van der Waals surface area contributed by atoms with E-state index in [-0.39, 0.29) is 35.6 Å². The maximum atomic E-state index is 2.64. The van der Waals surface area contributed by atoms with Crippen LogP contribution in [0.25, 0.3) is 33.4 Å². The van der Waals surface area contributed by atoms with Crippen LogP contribution in [-0.2, 0) is 38.5 Å². The first kappa shape index (κ1) is 40.5. The molecule has 6 rings (SSSR count). The van der Waals surface area contributed by atoms with Gasteiger partial charge < -0.3 is 24.8 Å². The van der Waals surface area contributed by atoms with E-state index in [1.165, 1.54) is 55.6 Å². The Balaban J connectivity index is 0.00000281. The van der Waals surface area contributed by atoms with Gasteiger partial charge in [-0.25, -0.2) is 0 Å². The number of halogens is 2. The molecule has 0 N–H and O–H groups in total. The van der Waals surface area contributed by atoms with Crippen molar-refractivity contribution in [2.24, 2.45) is 11.8 Å². The van der Waals surface area contributed by atoms with Crippen molar-refractivity contribution in [2.75, 3.05) is 0 Å². The number of hydrogen-bond acceptors (Lipinski definition) is 0. The van der Waals surface area contributed by atoms with Crippen molar-refractivity contribution in [2.45, 2.75) is 107 Å². The summed E-state index contributed by atoms with van der Waals surface area (Å²) in [5, 5.41) is 0. The molecule has 0 aliphatic heterocycles. The van der Waals surface area contributed by atoms with Crippen LogP contribution in [0, 0.1) is 25.7 Å². The number of fused-ring (bicyclic) bond motifs is 3. The fourth-order valence-electron chi connectivity index (χ4n) is 8.47. The van der Waals surface area contributed by atoms with Gasteiger partial charge in [-0.2, -0.15) is 0 Å². The second kappa shape index (κ2) is 15.4. The van der Waals surface area contributed by atoms with Crippen molar-refractivity contribution in [3.05, 3.63) is 122 Å². The SMILES string of the molecule is Cc1ccccc1-c1cc2c(cc1C(C)(C)C)-c1cc(C(C)(C)C)c(-c3ccccc3C)[c]([Zr+2]([C]3=CC=CC3)=[C](C(C)C)C(C)C)c1C2.[Cl-].[Cl-]. The zero-order valence-electron chi connectivity index (χ0n) is 32.4. The molecule has 0 heterocycles. The fourth-order valence-corrected chi connectivity index (χ4v) is 17.7. The molecule has 2 aliphatic carbocycles. The number of aryl methyl sites for hydroxylation is 2.